The van der Waals surface area contributed by atoms with E-state index in [1.165, 1.54) is 11.8 Å². The molecule has 0 unspecified atom stereocenters. The number of carbonyl (C=O) groups is 1. The number of halogens is 1. The second-order valence-electron chi connectivity index (χ2n) is 5.76. The highest BCUT2D eigenvalue weighted by Gasteiger charge is 2.16. The van der Waals surface area contributed by atoms with E-state index in [0.717, 1.165) is 17.7 Å². The highest BCUT2D eigenvalue weighted by Crippen LogP contribution is 2.19. The average molecular weight is 403 g/mol. The van der Waals surface area contributed by atoms with Crippen molar-refractivity contribution in [3.05, 3.63) is 69.7 Å². The molecule has 0 N–H and O–H groups in total. The lowest BCUT2D eigenvalue weighted by Gasteiger charge is -2.07. The molecule has 3 rings (SSSR count). The largest absolute Gasteiger partial charge is 0.462 e. The van der Waals surface area contributed by atoms with E-state index in [1.54, 1.807) is 11.6 Å². The molecule has 0 atom stereocenters. The lowest BCUT2D eigenvalue weighted by molar-refractivity contribution is 0.0525. The molecule has 6 nitrogen and oxygen atoms in total. The Morgan fingerprint density at radius 3 is 2.40 bits per heavy atom. The van der Waals surface area contributed by atoms with E-state index in [0.29, 0.717) is 23.3 Å². The van der Waals surface area contributed by atoms with Gasteiger partial charge in [0, 0.05) is 6.20 Å². The molecule has 3 aromatic rings. The summed E-state index contributed by atoms with van der Waals surface area (Å²) in [5.74, 6) is -0.370. The topological polar surface area (TPSA) is 61.9 Å². The van der Waals surface area contributed by atoms with Gasteiger partial charge in [0.25, 0.3) is 0 Å². The molecule has 7 heteroatoms. The minimum absolute atomic E-state index is 0.341. The number of aryl methyl sites for hydroxylation is 1. The third-order valence-electron chi connectivity index (χ3n) is 3.73. The Balaban J connectivity index is 1.68. The van der Waals surface area contributed by atoms with Crippen LogP contribution in [0.15, 0.2) is 47.5 Å². The number of carbonyl (C=O) groups excluding carboxylic acids is 1. The SMILES string of the molecule is CCOC(=O)c1cnn(Cc2ccc(Cn3cc(C)cn3)cc2)c1Br. The molecular formula is C18H19BrN4O2. The fraction of sp³-hybridized carbons (Fsp3) is 0.278. The van der Waals surface area contributed by atoms with Crippen LogP contribution in [0.5, 0.6) is 0 Å². The van der Waals surface area contributed by atoms with Gasteiger partial charge in [0.1, 0.15) is 10.2 Å². The minimum atomic E-state index is -0.370. The third-order valence-corrected chi connectivity index (χ3v) is 4.57. The van der Waals surface area contributed by atoms with Crippen LogP contribution in [-0.4, -0.2) is 32.1 Å². The minimum Gasteiger partial charge on any atom is -0.462 e. The standard InChI is InChI=1S/C18H19BrN4O2/c1-3-25-18(24)16-9-21-23(17(16)19)12-15-6-4-14(5-7-15)11-22-10-13(2)8-20-22/h4-10H,3,11-12H2,1-2H3. The van der Waals surface area contributed by atoms with Crippen molar-refractivity contribution >= 4 is 21.9 Å². The van der Waals surface area contributed by atoms with Gasteiger partial charge in [-0.1, -0.05) is 24.3 Å². The van der Waals surface area contributed by atoms with Gasteiger partial charge in [0.15, 0.2) is 0 Å². The number of hydrogen-bond acceptors (Lipinski definition) is 4. The normalized spacial score (nSPS) is 10.8. The van der Waals surface area contributed by atoms with Gasteiger partial charge in [-0.25, -0.2) is 4.79 Å². The average Bonchev–Trinajstić information content (AvgIpc) is 3.16. The van der Waals surface area contributed by atoms with E-state index < -0.39 is 0 Å². The summed E-state index contributed by atoms with van der Waals surface area (Å²) in [6, 6.07) is 8.28. The molecular weight excluding hydrogens is 384 g/mol. The quantitative estimate of drug-likeness (QED) is 0.592. The van der Waals surface area contributed by atoms with Gasteiger partial charge in [0.2, 0.25) is 0 Å². The Morgan fingerprint density at radius 2 is 1.80 bits per heavy atom. The van der Waals surface area contributed by atoms with Crippen LogP contribution in [0.2, 0.25) is 0 Å². The molecule has 1 aromatic carbocycles. The van der Waals surface area contributed by atoms with E-state index in [-0.39, 0.29) is 5.97 Å². The fourth-order valence-electron chi connectivity index (χ4n) is 2.49. The van der Waals surface area contributed by atoms with E-state index in [4.69, 9.17) is 4.74 Å². The van der Waals surface area contributed by atoms with Crippen LogP contribution in [-0.2, 0) is 17.8 Å². The molecule has 0 radical (unpaired) electrons. The second kappa shape index (κ2) is 7.65. The second-order valence-corrected chi connectivity index (χ2v) is 6.51. The van der Waals surface area contributed by atoms with Crippen LogP contribution < -0.4 is 0 Å². The van der Waals surface area contributed by atoms with E-state index in [2.05, 4.69) is 50.4 Å². The molecule has 0 fully saturated rings. The predicted octanol–water partition coefficient (Wildman–Crippen LogP) is 3.42. The van der Waals surface area contributed by atoms with Crippen molar-refractivity contribution < 1.29 is 9.53 Å². The molecule has 0 bridgehead atoms. The van der Waals surface area contributed by atoms with Crippen LogP contribution in [0, 0.1) is 6.92 Å². The van der Waals surface area contributed by atoms with Crippen LogP contribution in [0.1, 0.15) is 34.0 Å². The zero-order chi connectivity index (χ0) is 17.8. The van der Waals surface area contributed by atoms with Crippen LogP contribution in [0.25, 0.3) is 0 Å². The van der Waals surface area contributed by atoms with Gasteiger partial charge in [-0.15, -0.1) is 0 Å². The smallest absolute Gasteiger partial charge is 0.342 e. The molecule has 0 saturated heterocycles. The summed E-state index contributed by atoms with van der Waals surface area (Å²) < 4.78 is 9.29. The molecule has 130 valence electrons. The van der Waals surface area contributed by atoms with Crippen molar-refractivity contribution in [2.24, 2.45) is 0 Å². The van der Waals surface area contributed by atoms with Crippen molar-refractivity contribution in [3.8, 4) is 0 Å². The monoisotopic (exact) mass is 402 g/mol. The Labute approximate surface area is 154 Å². The summed E-state index contributed by atoms with van der Waals surface area (Å²) in [7, 11) is 0. The summed E-state index contributed by atoms with van der Waals surface area (Å²) >= 11 is 3.43. The number of benzene rings is 1. The highest BCUT2D eigenvalue weighted by atomic mass is 79.9. The first-order valence-electron chi connectivity index (χ1n) is 8.02. The summed E-state index contributed by atoms with van der Waals surface area (Å²) in [6.07, 6.45) is 5.40. The highest BCUT2D eigenvalue weighted by molar-refractivity contribution is 9.10. The van der Waals surface area contributed by atoms with Gasteiger partial charge in [-0.2, -0.15) is 10.2 Å². The summed E-state index contributed by atoms with van der Waals surface area (Å²) in [5, 5.41) is 8.56. The maximum absolute atomic E-state index is 11.8. The van der Waals surface area contributed by atoms with Crippen molar-refractivity contribution in [2.45, 2.75) is 26.9 Å². The maximum atomic E-state index is 11.8. The number of esters is 1. The number of ether oxygens (including phenoxy) is 1. The zero-order valence-electron chi connectivity index (χ0n) is 14.1. The van der Waals surface area contributed by atoms with Gasteiger partial charge in [0.05, 0.1) is 32.1 Å². The lowest BCUT2D eigenvalue weighted by Crippen LogP contribution is -2.06. The molecule has 0 aliphatic rings. The molecule has 0 spiro atoms. The van der Waals surface area contributed by atoms with Crippen LogP contribution in [0.4, 0.5) is 0 Å². The lowest BCUT2D eigenvalue weighted by atomic mass is 10.1. The fourth-order valence-corrected chi connectivity index (χ4v) is 2.97. The van der Waals surface area contributed by atoms with Crippen molar-refractivity contribution in [2.75, 3.05) is 6.61 Å². The number of rotatable bonds is 6. The van der Waals surface area contributed by atoms with Gasteiger partial charge in [-0.3, -0.25) is 9.36 Å². The van der Waals surface area contributed by atoms with E-state index in [9.17, 15) is 4.79 Å². The van der Waals surface area contributed by atoms with Gasteiger partial charge in [-0.05, 0) is 46.5 Å². The molecule has 0 aliphatic carbocycles. The van der Waals surface area contributed by atoms with Crippen LogP contribution >= 0.6 is 15.9 Å². The van der Waals surface area contributed by atoms with Crippen molar-refractivity contribution in [1.82, 2.24) is 19.6 Å². The number of aromatic nitrogens is 4. The summed E-state index contributed by atoms with van der Waals surface area (Å²) in [4.78, 5) is 11.8. The predicted molar refractivity (Wildman–Crippen MR) is 97.5 cm³/mol. The molecule has 0 aliphatic heterocycles. The first-order valence-corrected chi connectivity index (χ1v) is 8.81. The Morgan fingerprint density at radius 1 is 1.12 bits per heavy atom. The Kier molecular flexibility index (Phi) is 5.33. The van der Waals surface area contributed by atoms with Crippen LogP contribution in [0.3, 0.4) is 0 Å². The molecule has 25 heavy (non-hydrogen) atoms. The first kappa shape index (κ1) is 17.4. The number of hydrogen-bond donors (Lipinski definition) is 0. The molecule has 2 heterocycles. The van der Waals surface area contributed by atoms with Gasteiger partial charge < -0.3 is 4.74 Å². The Hall–Kier alpha value is -2.41. The van der Waals surface area contributed by atoms with E-state index in [1.807, 2.05) is 24.0 Å². The zero-order valence-corrected chi connectivity index (χ0v) is 15.7. The molecule has 2 aromatic heterocycles. The number of nitrogens with zero attached hydrogens (tertiary/aromatic N) is 4. The molecule has 0 amide bonds. The van der Waals surface area contributed by atoms with Crippen molar-refractivity contribution in [1.29, 1.82) is 0 Å². The summed E-state index contributed by atoms with van der Waals surface area (Å²) in [5.41, 5.74) is 3.86. The van der Waals surface area contributed by atoms with Crippen molar-refractivity contribution in [3.63, 3.8) is 0 Å². The first-order chi connectivity index (χ1) is 12.1. The molecule has 0 saturated carbocycles. The van der Waals surface area contributed by atoms with Gasteiger partial charge >= 0.3 is 5.97 Å². The third kappa shape index (κ3) is 4.17. The van der Waals surface area contributed by atoms with E-state index >= 15 is 0 Å². The Bertz CT molecular complexity index is 868. The summed E-state index contributed by atoms with van der Waals surface area (Å²) in [6.45, 7) is 5.46. The maximum Gasteiger partial charge on any atom is 0.342 e.